The molecule has 21 heavy (non-hydrogen) atoms. The van der Waals surface area contributed by atoms with Gasteiger partial charge < -0.3 is 16.0 Å². The maximum absolute atomic E-state index is 11.3. The van der Waals surface area contributed by atoms with Crippen molar-refractivity contribution in [3.63, 3.8) is 0 Å². The van der Waals surface area contributed by atoms with Crippen LogP contribution in [-0.2, 0) is 4.79 Å². The van der Waals surface area contributed by atoms with Gasteiger partial charge in [-0.3, -0.25) is 14.9 Å². The van der Waals surface area contributed by atoms with Gasteiger partial charge in [-0.25, -0.2) is 0 Å². The van der Waals surface area contributed by atoms with Crippen molar-refractivity contribution in [1.82, 2.24) is 4.90 Å². The van der Waals surface area contributed by atoms with E-state index >= 15 is 0 Å². The van der Waals surface area contributed by atoms with Crippen LogP contribution in [0.3, 0.4) is 0 Å². The first-order valence-corrected chi connectivity index (χ1v) is 6.98. The number of nitrogens with two attached hydrogens (primary N) is 1. The molecule has 1 saturated heterocycles. The average molecular weight is 308 g/mol. The Kier molecular flexibility index (Phi) is 4.69. The van der Waals surface area contributed by atoms with Gasteiger partial charge in [-0.2, -0.15) is 0 Å². The Balaban J connectivity index is 1.97. The first kappa shape index (κ1) is 15.2. The molecule has 0 aliphatic carbocycles. The predicted molar refractivity (Wildman–Crippen MR) is 82.8 cm³/mol. The smallest absolute Gasteiger partial charge is 0.269 e. The summed E-state index contributed by atoms with van der Waals surface area (Å²) in [5.41, 5.74) is 6.03. The molecule has 1 heterocycles. The third-order valence-corrected chi connectivity index (χ3v) is 3.80. The van der Waals surface area contributed by atoms with Crippen molar-refractivity contribution in [1.29, 1.82) is 0 Å². The first-order chi connectivity index (χ1) is 9.97. The molecule has 0 unspecified atom stereocenters. The minimum Gasteiger partial charge on any atom is -0.369 e. The summed E-state index contributed by atoms with van der Waals surface area (Å²) in [5, 5.41) is 14.1. The van der Waals surface area contributed by atoms with Crippen molar-refractivity contribution in [2.24, 2.45) is 11.7 Å². The average Bonchev–Trinajstić information content (AvgIpc) is 2.48. The topological polar surface area (TPSA) is 102 Å². The molecule has 0 saturated carbocycles. The zero-order valence-corrected chi connectivity index (χ0v) is 12.1. The molecule has 0 aromatic heterocycles. The largest absolute Gasteiger partial charge is 0.369 e. The summed E-state index contributed by atoms with van der Waals surface area (Å²) in [6.07, 6.45) is 1.64. The molecule has 7 nitrogen and oxygen atoms in total. The Hall–Kier alpha value is -2.22. The summed E-state index contributed by atoms with van der Waals surface area (Å²) in [4.78, 5) is 23.3. The zero-order chi connectivity index (χ0) is 15.4. The van der Waals surface area contributed by atoms with E-state index in [1.165, 1.54) is 12.1 Å². The van der Waals surface area contributed by atoms with Crippen LogP contribution in [0.5, 0.6) is 0 Å². The second-order valence-electron chi connectivity index (χ2n) is 4.92. The standard InChI is InChI=1S/C13H16N4O3S/c14-12(18)9-2-1-7-16(8-9)13(21)15-10-3-5-11(6-4-10)17(19)20/h3-6,9H,1-2,7-8H2,(H2,14,18)(H,15,21)/t9-/m1/s1. The van der Waals surface area contributed by atoms with Gasteiger partial charge in [-0.05, 0) is 37.2 Å². The molecule has 0 radical (unpaired) electrons. The van der Waals surface area contributed by atoms with Gasteiger partial charge in [0.2, 0.25) is 5.91 Å². The zero-order valence-electron chi connectivity index (χ0n) is 11.3. The summed E-state index contributed by atoms with van der Waals surface area (Å²) in [6, 6.07) is 6.01. The summed E-state index contributed by atoms with van der Waals surface area (Å²) in [7, 11) is 0. The van der Waals surface area contributed by atoms with Crippen LogP contribution in [0.4, 0.5) is 11.4 Å². The Morgan fingerprint density at radius 3 is 2.67 bits per heavy atom. The number of anilines is 1. The van der Waals surface area contributed by atoms with Crippen LogP contribution in [0.1, 0.15) is 12.8 Å². The number of piperidine rings is 1. The number of nitrogens with zero attached hydrogens (tertiary/aromatic N) is 2. The molecule has 112 valence electrons. The highest BCUT2D eigenvalue weighted by Crippen LogP contribution is 2.19. The van der Waals surface area contributed by atoms with E-state index in [1.54, 1.807) is 12.1 Å². The summed E-state index contributed by atoms with van der Waals surface area (Å²) < 4.78 is 0. The molecule has 1 atom stereocenters. The molecule has 0 spiro atoms. The van der Waals surface area contributed by atoms with Gasteiger partial charge in [-0.15, -0.1) is 0 Å². The number of nitrogens with one attached hydrogen (secondary N) is 1. The third-order valence-electron chi connectivity index (χ3n) is 3.44. The van der Waals surface area contributed by atoms with Gasteiger partial charge in [0.15, 0.2) is 5.11 Å². The number of rotatable bonds is 3. The Bertz CT molecular complexity index is 561. The number of benzene rings is 1. The summed E-state index contributed by atoms with van der Waals surface area (Å²) in [5.74, 6) is -0.492. The van der Waals surface area contributed by atoms with Gasteiger partial charge in [0.25, 0.3) is 5.69 Å². The molecule has 1 aliphatic rings. The molecule has 1 aromatic carbocycles. The molecular formula is C13H16N4O3S. The number of carbonyl (C=O) groups is 1. The lowest BCUT2D eigenvalue weighted by Crippen LogP contribution is -2.45. The number of nitro groups is 1. The highest BCUT2D eigenvalue weighted by molar-refractivity contribution is 7.80. The van der Waals surface area contributed by atoms with E-state index < -0.39 is 4.92 Å². The lowest BCUT2D eigenvalue weighted by molar-refractivity contribution is -0.384. The molecule has 1 fully saturated rings. The first-order valence-electron chi connectivity index (χ1n) is 6.57. The van der Waals surface area contributed by atoms with Gasteiger partial charge in [0.05, 0.1) is 10.8 Å². The van der Waals surface area contributed by atoms with Gasteiger partial charge >= 0.3 is 0 Å². The highest BCUT2D eigenvalue weighted by atomic mass is 32.1. The number of hydrogen-bond acceptors (Lipinski definition) is 4. The monoisotopic (exact) mass is 308 g/mol. The van der Waals surface area contributed by atoms with Crippen molar-refractivity contribution < 1.29 is 9.72 Å². The predicted octanol–water partition coefficient (Wildman–Crippen LogP) is 1.49. The van der Waals surface area contributed by atoms with E-state index in [2.05, 4.69) is 5.32 Å². The van der Waals surface area contributed by atoms with Gasteiger partial charge in [-0.1, -0.05) is 0 Å². The number of likely N-dealkylation sites (tertiary alicyclic amines) is 1. The van der Waals surface area contributed by atoms with Crippen LogP contribution in [0.25, 0.3) is 0 Å². The van der Waals surface area contributed by atoms with E-state index in [0.717, 1.165) is 19.4 Å². The number of amides is 1. The number of nitro benzene ring substituents is 1. The normalized spacial score (nSPS) is 18.1. The second kappa shape index (κ2) is 6.49. The molecule has 1 aliphatic heterocycles. The van der Waals surface area contributed by atoms with Crippen LogP contribution in [-0.4, -0.2) is 33.9 Å². The highest BCUT2D eigenvalue weighted by Gasteiger charge is 2.25. The molecule has 3 N–H and O–H groups in total. The van der Waals surface area contributed by atoms with Crippen molar-refractivity contribution >= 4 is 34.6 Å². The third kappa shape index (κ3) is 3.88. The molecule has 8 heteroatoms. The lowest BCUT2D eigenvalue weighted by atomic mass is 9.98. The van der Waals surface area contributed by atoms with Crippen LogP contribution in [0, 0.1) is 16.0 Å². The number of hydrogen-bond donors (Lipinski definition) is 2. The maximum atomic E-state index is 11.3. The number of primary amides is 1. The quantitative estimate of drug-likeness (QED) is 0.498. The molecule has 2 rings (SSSR count). The van der Waals surface area contributed by atoms with E-state index in [1.807, 2.05) is 4.90 Å². The van der Waals surface area contributed by atoms with Crippen molar-refractivity contribution in [3.8, 4) is 0 Å². The second-order valence-corrected chi connectivity index (χ2v) is 5.31. The molecule has 1 amide bonds. The van der Waals surface area contributed by atoms with Gasteiger partial charge in [0.1, 0.15) is 0 Å². The number of non-ortho nitro benzene ring substituents is 1. The van der Waals surface area contributed by atoms with Crippen molar-refractivity contribution in [3.05, 3.63) is 34.4 Å². The minimum atomic E-state index is -0.454. The molecule has 0 bridgehead atoms. The fraction of sp³-hybridized carbons (Fsp3) is 0.385. The maximum Gasteiger partial charge on any atom is 0.269 e. The summed E-state index contributed by atoms with van der Waals surface area (Å²) in [6.45, 7) is 1.27. The van der Waals surface area contributed by atoms with Crippen LogP contribution in [0.15, 0.2) is 24.3 Å². The van der Waals surface area contributed by atoms with E-state index in [0.29, 0.717) is 17.3 Å². The van der Waals surface area contributed by atoms with Crippen molar-refractivity contribution in [2.75, 3.05) is 18.4 Å². The van der Waals surface area contributed by atoms with Gasteiger partial charge in [0, 0.05) is 30.9 Å². The van der Waals surface area contributed by atoms with Crippen molar-refractivity contribution in [2.45, 2.75) is 12.8 Å². The Morgan fingerprint density at radius 2 is 2.10 bits per heavy atom. The fourth-order valence-electron chi connectivity index (χ4n) is 2.26. The Labute approximate surface area is 127 Å². The van der Waals surface area contributed by atoms with Crippen LogP contribution in [0.2, 0.25) is 0 Å². The SMILES string of the molecule is NC(=O)[C@@H]1CCCN(C(=S)Nc2ccc([N+](=O)[O-])cc2)C1. The summed E-state index contributed by atoms with van der Waals surface area (Å²) >= 11 is 5.31. The molecular weight excluding hydrogens is 292 g/mol. The Morgan fingerprint density at radius 1 is 1.43 bits per heavy atom. The lowest BCUT2D eigenvalue weighted by Gasteiger charge is -2.33. The minimum absolute atomic E-state index is 0.0261. The fourth-order valence-corrected chi connectivity index (χ4v) is 2.55. The number of thiocarbonyl (C=S) groups is 1. The number of carbonyl (C=O) groups excluding carboxylic acids is 1. The van der Waals surface area contributed by atoms with Crippen LogP contribution < -0.4 is 11.1 Å². The van der Waals surface area contributed by atoms with E-state index in [-0.39, 0.29) is 17.5 Å². The molecule has 1 aromatic rings. The van der Waals surface area contributed by atoms with E-state index in [4.69, 9.17) is 18.0 Å². The van der Waals surface area contributed by atoms with Crippen LogP contribution >= 0.6 is 12.2 Å². The van der Waals surface area contributed by atoms with E-state index in [9.17, 15) is 14.9 Å².